The van der Waals surface area contributed by atoms with Gasteiger partial charge in [0.25, 0.3) is 0 Å². The van der Waals surface area contributed by atoms with E-state index in [2.05, 4.69) is 68.7 Å². The molecule has 0 N–H and O–H groups in total. The van der Waals surface area contributed by atoms with Gasteiger partial charge in [0, 0.05) is 45.5 Å². The Bertz CT molecular complexity index is 1640. The van der Waals surface area contributed by atoms with Crippen LogP contribution in [0.3, 0.4) is 0 Å². The van der Waals surface area contributed by atoms with Gasteiger partial charge in [-0.15, -0.1) is 68.0 Å². The zero-order chi connectivity index (χ0) is 29.6. The van der Waals surface area contributed by atoms with Crippen molar-refractivity contribution < 1.29 is 0 Å². The maximum Gasteiger partial charge on any atom is 0.0486 e. The Morgan fingerprint density at radius 1 is 0.289 bits per heavy atom. The van der Waals surface area contributed by atoms with E-state index in [1.54, 1.807) is 62.6 Å². The van der Waals surface area contributed by atoms with E-state index in [9.17, 15) is 0 Å². The molecule has 228 valence electrons. The van der Waals surface area contributed by atoms with Crippen molar-refractivity contribution in [3.8, 4) is 29.3 Å². The molecule has 6 aromatic rings. The first-order chi connectivity index (χ1) is 22.3. The molecule has 0 aliphatic heterocycles. The maximum atomic E-state index is 2.37. The van der Waals surface area contributed by atoms with Crippen LogP contribution in [0.5, 0.6) is 0 Å². The quantitative estimate of drug-likeness (QED) is 0.148. The summed E-state index contributed by atoms with van der Waals surface area (Å²) in [5.74, 6) is 0. The van der Waals surface area contributed by atoms with Crippen LogP contribution in [0.1, 0.15) is 110 Å². The number of rotatable bonds is 0. The molecule has 3 saturated carbocycles. The molecule has 6 heterocycles. The van der Waals surface area contributed by atoms with Crippen molar-refractivity contribution in [2.75, 3.05) is 0 Å². The van der Waals surface area contributed by atoms with E-state index in [0.29, 0.717) is 16.2 Å². The molecule has 3 spiro atoms. The molecular formula is C39H36S6. The smallest absolute Gasteiger partial charge is 0.0486 e. The standard InChI is InChI=1S/3C13H12S2/c3*1-2-6-13(5-1)9-3-7-14-11(9)12-10(13)4-8-15-12/h3*3-4,7-8H,1-2,5-6H2. The lowest BCUT2D eigenvalue weighted by Gasteiger charge is -2.24. The van der Waals surface area contributed by atoms with Crippen molar-refractivity contribution in [1.29, 1.82) is 0 Å². The van der Waals surface area contributed by atoms with Gasteiger partial charge < -0.3 is 0 Å². The Hall–Kier alpha value is -1.80. The molecule has 0 nitrogen and oxygen atoms in total. The van der Waals surface area contributed by atoms with Crippen LogP contribution in [0, 0.1) is 0 Å². The molecule has 0 amide bonds. The Balaban J connectivity index is 0.0000000884. The summed E-state index contributed by atoms with van der Waals surface area (Å²) in [6.07, 6.45) is 16.7. The van der Waals surface area contributed by atoms with Crippen LogP contribution < -0.4 is 0 Å². The highest BCUT2D eigenvalue weighted by Gasteiger charge is 2.48. The normalized spacial score (nSPS) is 20.8. The van der Waals surface area contributed by atoms with Crippen LogP contribution in [-0.4, -0.2) is 0 Å². The maximum absolute atomic E-state index is 2.37. The predicted molar refractivity (Wildman–Crippen MR) is 201 cm³/mol. The third-order valence-electron chi connectivity index (χ3n) is 12.1. The fourth-order valence-corrected chi connectivity index (χ4v) is 16.7. The van der Waals surface area contributed by atoms with E-state index in [1.165, 1.54) is 77.0 Å². The van der Waals surface area contributed by atoms with Gasteiger partial charge in [0.05, 0.1) is 0 Å². The molecule has 6 aromatic heterocycles. The molecule has 6 heteroatoms. The van der Waals surface area contributed by atoms with Gasteiger partial charge in [0.1, 0.15) is 0 Å². The van der Waals surface area contributed by atoms with Gasteiger partial charge >= 0.3 is 0 Å². The molecule has 0 atom stereocenters. The Labute approximate surface area is 290 Å². The Morgan fingerprint density at radius 2 is 0.467 bits per heavy atom. The molecule has 6 aliphatic carbocycles. The summed E-state index contributed by atoms with van der Waals surface area (Å²) in [5, 5.41) is 13.6. The van der Waals surface area contributed by atoms with E-state index >= 15 is 0 Å². The SMILES string of the molecule is c1cc2c(s1)-c1sccc1C21CCCC1.c1cc2c(s1)-c1sccc1C21CCCC1.c1cc2c(s1)-c1sccc1C21CCCC1. The van der Waals surface area contributed by atoms with Crippen LogP contribution in [-0.2, 0) is 16.2 Å². The van der Waals surface area contributed by atoms with Gasteiger partial charge in [-0.05, 0) is 141 Å². The lowest BCUT2D eigenvalue weighted by Crippen LogP contribution is -2.19. The van der Waals surface area contributed by atoms with E-state index < -0.39 is 0 Å². The molecule has 0 unspecified atom stereocenters. The second kappa shape index (κ2) is 10.6. The molecule has 45 heavy (non-hydrogen) atoms. The fraction of sp³-hybridized carbons (Fsp3) is 0.385. The number of thiophene rings is 6. The topological polar surface area (TPSA) is 0 Å². The van der Waals surface area contributed by atoms with Crippen LogP contribution in [0.15, 0.2) is 68.7 Å². The molecule has 0 aromatic carbocycles. The predicted octanol–water partition coefficient (Wildman–Crippen LogP) is 14.0. The van der Waals surface area contributed by atoms with Gasteiger partial charge in [-0.2, -0.15) is 0 Å². The minimum absolute atomic E-state index is 0.435. The minimum atomic E-state index is 0.435. The average molecular weight is 697 g/mol. The second-order valence-corrected chi connectivity index (χ2v) is 19.3. The highest BCUT2D eigenvalue weighted by Crippen LogP contribution is 2.62. The fourth-order valence-electron chi connectivity index (χ4n) is 10.2. The highest BCUT2D eigenvalue weighted by atomic mass is 32.1. The number of hydrogen-bond donors (Lipinski definition) is 0. The molecule has 3 fully saturated rings. The zero-order valence-electron chi connectivity index (χ0n) is 25.4. The van der Waals surface area contributed by atoms with E-state index in [-0.39, 0.29) is 0 Å². The first kappa shape index (κ1) is 28.2. The summed E-state index contributed by atoms with van der Waals surface area (Å²) in [5.41, 5.74) is 11.2. The summed E-state index contributed by atoms with van der Waals surface area (Å²) in [6, 6.07) is 14.2. The van der Waals surface area contributed by atoms with Crippen molar-refractivity contribution in [2.45, 2.75) is 93.3 Å². The number of fused-ring (bicyclic) bond motifs is 15. The first-order valence-corrected chi connectivity index (χ1v) is 22.0. The van der Waals surface area contributed by atoms with Crippen molar-refractivity contribution in [3.63, 3.8) is 0 Å². The Kier molecular flexibility index (Phi) is 6.65. The molecule has 0 saturated heterocycles. The number of hydrogen-bond acceptors (Lipinski definition) is 6. The van der Waals surface area contributed by atoms with Crippen LogP contribution in [0.2, 0.25) is 0 Å². The van der Waals surface area contributed by atoms with E-state index in [4.69, 9.17) is 0 Å². The third kappa shape index (κ3) is 3.84. The van der Waals surface area contributed by atoms with E-state index in [1.807, 2.05) is 68.0 Å². The largest absolute Gasteiger partial charge is 0.143 e. The van der Waals surface area contributed by atoms with Crippen LogP contribution in [0.25, 0.3) is 29.3 Å². The zero-order valence-corrected chi connectivity index (χ0v) is 30.3. The third-order valence-corrected chi connectivity index (χ3v) is 18.1. The van der Waals surface area contributed by atoms with Crippen molar-refractivity contribution in [2.24, 2.45) is 0 Å². The second-order valence-electron chi connectivity index (χ2n) is 13.8. The molecular weight excluding hydrogens is 661 g/mol. The minimum Gasteiger partial charge on any atom is -0.143 e. The Morgan fingerprint density at radius 3 is 0.644 bits per heavy atom. The molecule has 6 aliphatic rings. The molecule has 0 bridgehead atoms. The lowest BCUT2D eigenvalue weighted by molar-refractivity contribution is 0.552. The van der Waals surface area contributed by atoms with Gasteiger partial charge in [-0.25, -0.2) is 0 Å². The van der Waals surface area contributed by atoms with Crippen LogP contribution >= 0.6 is 68.0 Å². The van der Waals surface area contributed by atoms with Gasteiger partial charge in [0.2, 0.25) is 0 Å². The van der Waals surface area contributed by atoms with E-state index in [0.717, 1.165) is 0 Å². The summed E-state index contributed by atoms with van der Waals surface area (Å²) in [4.78, 5) is 9.43. The van der Waals surface area contributed by atoms with Crippen molar-refractivity contribution in [3.05, 3.63) is 102 Å². The summed E-state index contributed by atoms with van der Waals surface area (Å²) < 4.78 is 0. The average Bonchev–Trinajstić information content (AvgIpc) is 3.93. The van der Waals surface area contributed by atoms with Gasteiger partial charge in [0.15, 0.2) is 0 Å². The van der Waals surface area contributed by atoms with Gasteiger partial charge in [-0.1, -0.05) is 38.5 Å². The van der Waals surface area contributed by atoms with Crippen molar-refractivity contribution in [1.82, 2.24) is 0 Å². The molecule has 0 radical (unpaired) electrons. The monoisotopic (exact) mass is 696 g/mol. The van der Waals surface area contributed by atoms with Crippen molar-refractivity contribution >= 4 is 68.0 Å². The van der Waals surface area contributed by atoms with Gasteiger partial charge in [-0.3, -0.25) is 0 Å². The summed E-state index contributed by atoms with van der Waals surface area (Å²) in [7, 11) is 0. The lowest BCUT2D eigenvalue weighted by atomic mass is 9.78. The summed E-state index contributed by atoms with van der Waals surface area (Å²) in [6.45, 7) is 0. The van der Waals surface area contributed by atoms with Crippen LogP contribution in [0.4, 0.5) is 0 Å². The highest BCUT2D eigenvalue weighted by molar-refractivity contribution is 7.22. The molecule has 12 rings (SSSR count). The summed E-state index contributed by atoms with van der Waals surface area (Å²) >= 11 is 11.6. The first-order valence-electron chi connectivity index (χ1n) is 16.7.